The lowest BCUT2D eigenvalue weighted by atomic mass is 10.1. The van der Waals surface area contributed by atoms with Crippen LogP contribution in [0.1, 0.15) is 52.8 Å². The summed E-state index contributed by atoms with van der Waals surface area (Å²) in [5.74, 6) is 2.87. The predicted molar refractivity (Wildman–Crippen MR) is 165 cm³/mol. The Morgan fingerprint density at radius 3 is 2.77 bits per heavy atom. The number of aliphatic hydroxyl groups excluding tert-OH is 1. The smallest absolute Gasteiger partial charge is 0.270 e. The third kappa shape index (κ3) is 7.08. The van der Waals surface area contributed by atoms with Crippen molar-refractivity contribution in [1.82, 2.24) is 30.5 Å². The van der Waals surface area contributed by atoms with Gasteiger partial charge in [0, 0.05) is 58.0 Å². The monoisotopic (exact) mass is 622 g/mol. The van der Waals surface area contributed by atoms with Crippen molar-refractivity contribution in [2.24, 2.45) is 0 Å². The minimum Gasteiger partial charge on any atom is -0.486 e. The van der Waals surface area contributed by atoms with Crippen molar-refractivity contribution in [2.45, 2.75) is 63.1 Å². The van der Waals surface area contributed by atoms with E-state index in [1.54, 1.807) is 29.7 Å². The van der Waals surface area contributed by atoms with E-state index in [1.807, 2.05) is 25.1 Å². The topological polar surface area (TPSA) is 158 Å². The third-order valence-corrected chi connectivity index (χ3v) is 9.46. The van der Waals surface area contributed by atoms with E-state index in [0.717, 1.165) is 48.5 Å². The molecule has 6 rings (SSSR count). The minimum absolute atomic E-state index is 0.0419. The fourth-order valence-corrected chi connectivity index (χ4v) is 6.58. The van der Waals surface area contributed by atoms with Crippen LogP contribution in [0.2, 0.25) is 0 Å². The molecule has 2 fully saturated rings. The average molecular weight is 623 g/mol. The number of anilines is 2. The summed E-state index contributed by atoms with van der Waals surface area (Å²) in [5.41, 5.74) is 3.30. The predicted octanol–water partition coefficient (Wildman–Crippen LogP) is 2.05. The van der Waals surface area contributed by atoms with Gasteiger partial charge in [-0.1, -0.05) is 6.07 Å². The summed E-state index contributed by atoms with van der Waals surface area (Å²) in [6, 6.07) is 7.69. The number of oxazole rings is 1. The number of nitrogens with one attached hydrogen (secondary N) is 3. The number of ether oxygens (including phenoxy) is 1. The van der Waals surface area contributed by atoms with Crippen molar-refractivity contribution in [3.05, 3.63) is 58.9 Å². The van der Waals surface area contributed by atoms with Gasteiger partial charge in [0.15, 0.2) is 12.2 Å². The van der Waals surface area contributed by atoms with Crippen LogP contribution in [0.15, 0.2) is 35.1 Å². The van der Waals surface area contributed by atoms with E-state index in [-0.39, 0.29) is 35.5 Å². The van der Waals surface area contributed by atoms with Gasteiger partial charge in [-0.2, -0.15) is 4.98 Å². The third-order valence-electron chi connectivity index (χ3n) is 8.14. The van der Waals surface area contributed by atoms with E-state index < -0.39 is 6.10 Å². The van der Waals surface area contributed by atoms with Crippen molar-refractivity contribution in [3.8, 4) is 5.75 Å². The van der Waals surface area contributed by atoms with Crippen molar-refractivity contribution < 1.29 is 23.8 Å². The second kappa shape index (κ2) is 13.4. The molecular formula is C30H38N8O5S. The van der Waals surface area contributed by atoms with E-state index in [0.29, 0.717) is 49.5 Å². The molecule has 13 nitrogen and oxygen atoms in total. The second-order valence-electron chi connectivity index (χ2n) is 11.4. The molecule has 2 amide bonds. The number of thioether (sulfide) groups is 1. The van der Waals surface area contributed by atoms with E-state index in [4.69, 9.17) is 9.15 Å². The van der Waals surface area contributed by atoms with Crippen molar-refractivity contribution >= 4 is 35.3 Å². The quantitative estimate of drug-likeness (QED) is 0.261. The molecule has 3 aliphatic heterocycles. The minimum atomic E-state index is -0.826. The number of hydrogen-bond acceptors (Lipinski definition) is 12. The van der Waals surface area contributed by atoms with Gasteiger partial charge in [-0.05, 0) is 43.0 Å². The maximum absolute atomic E-state index is 13.3. The Labute approximate surface area is 260 Å². The molecule has 2 saturated heterocycles. The lowest BCUT2D eigenvalue weighted by molar-refractivity contribution is -0.132. The van der Waals surface area contributed by atoms with E-state index in [1.165, 1.54) is 6.39 Å². The molecule has 5 heterocycles. The Morgan fingerprint density at radius 1 is 1.20 bits per heavy atom. The van der Waals surface area contributed by atoms with Crippen molar-refractivity contribution in [1.29, 1.82) is 0 Å². The molecule has 44 heavy (non-hydrogen) atoms. The number of benzene rings is 1. The van der Waals surface area contributed by atoms with Crippen LogP contribution in [0, 0.1) is 6.92 Å². The standard InChI is InChI=1S/C30H38N8O5S/c1-18-26(43-17-33-18)15-42-23-6-5-20-16-44-29(32-11-21(20)9-23)25(40)12-31-28(41)24-10-27(34-22-13-38(14-22)19(2)39)36-30(35-24)37-7-3-4-8-37/h5-6,9-10,17,22,25,29,32,40H,3-4,7-8,11-16H2,1-2H3,(H,31,41)(H,34,35,36)/t25-,29+/m1/s1. The number of amides is 2. The lowest BCUT2D eigenvalue weighted by Crippen LogP contribution is -2.56. The molecule has 3 aromatic rings. The molecule has 0 unspecified atom stereocenters. The first-order valence-electron chi connectivity index (χ1n) is 14.9. The Bertz CT molecular complexity index is 1490. The summed E-state index contributed by atoms with van der Waals surface area (Å²) in [6.45, 7) is 7.22. The number of likely N-dealkylation sites (tertiary alicyclic amines) is 1. The van der Waals surface area contributed by atoms with E-state index in [9.17, 15) is 14.7 Å². The Kier molecular flexibility index (Phi) is 9.19. The Morgan fingerprint density at radius 2 is 2.02 bits per heavy atom. The maximum atomic E-state index is 13.3. The SMILES string of the molecule is CC(=O)N1CC(Nc2cc(C(=O)NC[C@@H](O)[C@H]3NCc4cc(OCc5ocnc5C)ccc4CS3)nc(N3CCCC3)n2)C1. The highest BCUT2D eigenvalue weighted by Crippen LogP contribution is 2.29. The second-order valence-corrected chi connectivity index (χ2v) is 12.5. The maximum Gasteiger partial charge on any atom is 0.270 e. The molecule has 14 heteroatoms. The molecular weight excluding hydrogens is 584 g/mol. The number of carbonyl (C=O) groups is 2. The molecule has 2 aromatic heterocycles. The Balaban J connectivity index is 1.04. The van der Waals surface area contributed by atoms with Crippen molar-refractivity contribution in [3.63, 3.8) is 0 Å². The summed E-state index contributed by atoms with van der Waals surface area (Å²) < 4.78 is 11.3. The van der Waals surface area contributed by atoms with Crippen LogP contribution in [-0.2, 0) is 23.7 Å². The molecule has 2 atom stereocenters. The van der Waals surface area contributed by atoms with Gasteiger partial charge in [-0.25, -0.2) is 9.97 Å². The molecule has 234 valence electrons. The fourth-order valence-electron chi connectivity index (χ4n) is 5.42. The number of aromatic nitrogens is 3. The van der Waals surface area contributed by atoms with Crippen LogP contribution in [0.5, 0.6) is 5.75 Å². The van der Waals surface area contributed by atoms with Crippen molar-refractivity contribution in [2.75, 3.05) is 42.9 Å². The van der Waals surface area contributed by atoms with Crippen LogP contribution in [-0.4, -0.2) is 87.0 Å². The highest BCUT2D eigenvalue weighted by molar-refractivity contribution is 7.99. The summed E-state index contributed by atoms with van der Waals surface area (Å²) in [4.78, 5) is 42.0. The number of carbonyl (C=O) groups excluding carboxylic acids is 2. The van der Waals surface area contributed by atoms with Gasteiger partial charge in [0.1, 0.15) is 23.9 Å². The zero-order chi connectivity index (χ0) is 30.6. The molecule has 0 bridgehead atoms. The van der Waals surface area contributed by atoms with E-state index in [2.05, 4.69) is 35.8 Å². The zero-order valence-corrected chi connectivity index (χ0v) is 25.7. The van der Waals surface area contributed by atoms with Gasteiger partial charge in [0.05, 0.1) is 23.2 Å². The number of aliphatic hydroxyl groups is 1. The number of rotatable bonds is 10. The fraction of sp³-hybridized carbons (Fsp3) is 0.500. The summed E-state index contributed by atoms with van der Waals surface area (Å²) >= 11 is 1.59. The molecule has 0 radical (unpaired) electrons. The van der Waals surface area contributed by atoms with Gasteiger partial charge in [0.2, 0.25) is 11.9 Å². The first kappa shape index (κ1) is 30.2. The lowest BCUT2D eigenvalue weighted by Gasteiger charge is -2.39. The molecule has 0 spiro atoms. The Hall–Kier alpha value is -3.88. The van der Waals surface area contributed by atoms with Crippen LogP contribution in [0.3, 0.4) is 0 Å². The van der Waals surface area contributed by atoms with Gasteiger partial charge < -0.3 is 34.7 Å². The summed E-state index contributed by atoms with van der Waals surface area (Å²) in [5, 5.41) is 20.4. The molecule has 3 aliphatic rings. The van der Waals surface area contributed by atoms with E-state index >= 15 is 0 Å². The van der Waals surface area contributed by atoms with Crippen LogP contribution in [0.4, 0.5) is 11.8 Å². The first-order valence-corrected chi connectivity index (χ1v) is 16.0. The summed E-state index contributed by atoms with van der Waals surface area (Å²) in [6.07, 6.45) is 2.69. The highest BCUT2D eigenvalue weighted by atomic mass is 32.2. The van der Waals surface area contributed by atoms with Crippen LogP contribution in [0.25, 0.3) is 0 Å². The van der Waals surface area contributed by atoms with Gasteiger partial charge in [-0.3, -0.25) is 14.9 Å². The number of fused-ring (bicyclic) bond motifs is 1. The van der Waals surface area contributed by atoms with Crippen LogP contribution >= 0.6 is 11.8 Å². The number of nitrogens with zero attached hydrogens (tertiary/aromatic N) is 5. The molecule has 4 N–H and O–H groups in total. The number of hydrogen-bond donors (Lipinski definition) is 4. The van der Waals surface area contributed by atoms with Gasteiger partial charge >= 0.3 is 0 Å². The van der Waals surface area contributed by atoms with Gasteiger partial charge in [-0.15, -0.1) is 11.8 Å². The van der Waals surface area contributed by atoms with Crippen LogP contribution < -0.4 is 25.6 Å². The molecule has 0 aliphatic carbocycles. The highest BCUT2D eigenvalue weighted by Gasteiger charge is 2.30. The number of aryl methyl sites for hydroxylation is 1. The molecule has 0 saturated carbocycles. The molecule has 1 aromatic carbocycles. The largest absolute Gasteiger partial charge is 0.486 e. The average Bonchev–Trinajstić information content (AvgIpc) is 3.63. The zero-order valence-electron chi connectivity index (χ0n) is 24.9. The normalized spacial score (nSPS) is 19.1. The summed E-state index contributed by atoms with van der Waals surface area (Å²) in [7, 11) is 0. The van der Waals surface area contributed by atoms with Gasteiger partial charge in [0.25, 0.3) is 5.91 Å². The first-order chi connectivity index (χ1) is 21.3.